The Balaban J connectivity index is 1.03. The number of nitrogens with one attached hydrogen (secondary N) is 2. The SMILES string of the molecule is O=C(NS(=O)(=O)c1ccc(NCCSc2ccccc2)c([N+](=O)[O-])c1)c1ccc(N2CCN(Cc3ccncc3-c3ccc(Cl)cc3)CC2)cc1. The van der Waals surface area contributed by atoms with Gasteiger partial charge in [-0.15, -0.1) is 11.8 Å². The Kier molecular flexibility index (Phi) is 11.5. The van der Waals surface area contributed by atoms with Crippen LogP contribution in [0, 0.1) is 10.1 Å². The van der Waals surface area contributed by atoms with Crippen LogP contribution in [-0.4, -0.2) is 67.6 Å². The second kappa shape index (κ2) is 16.4. The fraction of sp³-hybridized carbons (Fsp3) is 0.189. The number of nitrogens with zero attached hydrogens (tertiary/aromatic N) is 4. The maximum absolute atomic E-state index is 13.1. The first kappa shape index (κ1) is 35.9. The number of carbonyl (C=O) groups is 1. The van der Waals surface area contributed by atoms with Crippen LogP contribution in [0.2, 0.25) is 5.02 Å². The van der Waals surface area contributed by atoms with Gasteiger partial charge < -0.3 is 10.2 Å². The third-order valence-electron chi connectivity index (χ3n) is 8.46. The molecule has 2 heterocycles. The average molecular weight is 743 g/mol. The number of rotatable bonds is 13. The van der Waals surface area contributed by atoms with Gasteiger partial charge >= 0.3 is 0 Å². The van der Waals surface area contributed by atoms with Gasteiger partial charge in [-0.3, -0.25) is 24.8 Å². The van der Waals surface area contributed by atoms with Crippen LogP contribution < -0.4 is 14.9 Å². The highest BCUT2D eigenvalue weighted by Crippen LogP contribution is 2.29. The summed E-state index contributed by atoms with van der Waals surface area (Å²) in [6, 6.07) is 29.8. The zero-order valence-corrected chi connectivity index (χ0v) is 29.8. The van der Waals surface area contributed by atoms with Crippen molar-refractivity contribution >= 4 is 56.4 Å². The van der Waals surface area contributed by atoms with Gasteiger partial charge in [-0.1, -0.05) is 41.9 Å². The van der Waals surface area contributed by atoms with Crippen LogP contribution in [0.15, 0.2) is 125 Å². The largest absolute Gasteiger partial charge is 0.379 e. The van der Waals surface area contributed by atoms with E-state index in [1.54, 1.807) is 42.2 Å². The summed E-state index contributed by atoms with van der Waals surface area (Å²) < 4.78 is 28.3. The van der Waals surface area contributed by atoms with Crippen LogP contribution in [0.4, 0.5) is 17.1 Å². The zero-order valence-electron chi connectivity index (χ0n) is 27.4. The molecule has 5 aromatic rings. The van der Waals surface area contributed by atoms with Crippen molar-refractivity contribution in [2.45, 2.75) is 16.3 Å². The van der Waals surface area contributed by atoms with E-state index in [0.717, 1.165) is 60.5 Å². The molecule has 1 aliphatic heterocycles. The lowest BCUT2D eigenvalue weighted by molar-refractivity contribution is -0.384. The van der Waals surface area contributed by atoms with E-state index < -0.39 is 26.5 Å². The molecule has 0 saturated carbocycles. The number of aromatic nitrogens is 1. The molecule has 2 N–H and O–H groups in total. The third kappa shape index (κ3) is 9.24. The standard InChI is InChI=1S/C37H35ClN6O5S2/c38-30-10-6-27(7-11-30)34-25-39-17-16-29(34)26-42-19-21-43(22-20-42)31-12-8-28(9-13-31)37(45)41-51(48,49)33-14-15-35(36(24-33)44(46)47)40-18-23-50-32-4-2-1-3-5-32/h1-17,24-25,40H,18-23,26H2,(H,41,45). The molecule has 51 heavy (non-hydrogen) atoms. The minimum Gasteiger partial charge on any atom is -0.379 e. The molecule has 0 bridgehead atoms. The predicted octanol–water partition coefficient (Wildman–Crippen LogP) is 6.96. The minimum atomic E-state index is -4.39. The fourth-order valence-corrected chi connectivity index (χ4v) is 7.68. The number of nitro groups is 1. The van der Waals surface area contributed by atoms with Crippen molar-refractivity contribution in [1.29, 1.82) is 0 Å². The molecule has 1 aliphatic rings. The molecule has 1 aromatic heterocycles. The number of carbonyl (C=O) groups excluding carboxylic acids is 1. The van der Waals surface area contributed by atoms with Crippen molar-refractivity contribution in [2.75, 3.05) is 48.7 Å². The number of pyridine rings is 1. The van der Waals surface area contributed by atoms with Crippen molar-refractivity contribution in [1.82, 2.24) is 14.6 Å². The van der Waals surface area contributed by atoms with Crippen LogP contribution in [0.3, 0.4) is 0 Å². The van der Waals surface area contributed by atoms with Gasteiger partial charge in [-0.2, -0.15) is 0 Å². The van der Waals surface area contributed by atoms with Crippen LogP contribution in [0.5, 0.6) is 0 Å². The Morgan fingerprint density at radius 1 is 0.922 bits per heavy atom. The van der Waals surface area contributed by atoms with Gasteiger partial charge in [0.25, 0.3) is 21.6 Å². The smallest absolute Gasteiger partial charge is 0.293 e. The lowest BCUT2D eigenvalue weighted by Gasteiger charge is -2.36. The molecule has 1 amide bonds. The average Bonchev–Trinajstić information content (AvgIpc) is 3.14. The molecule has 14 heteroatoms. The van der Waals surface area contributed by atoms with Gasteiger partial charge in [0.1, 0.15) is 5.69 Å². The Morgan fingerprint density at radius 3 is 2.35 bits per heavy atom. The van der Waals surface area contributed by atoms with E-state index in [2.05, 4.69) is 20.1 Å². The van der Waals surface area contributed by atoms with E-state index in [1.807, 2.05) is 71.6 Å². The van der Waals surface area contributed by atoms with E-state index in [-0.39, 0.29) is 16.1 Å². The van der Waals surface area contributed by atoms with Crippen molar-refractivity contribution in [3.63, 3.8) is 0 Å². The molecule has 0 unspecified atom stereocenters. The molecule has 11 nitrogen and oxygen atoms in total. The van der Waals surface area contributed by atoms with Gasteiger partial charge in [0, 0.05) is 90.2 Å². The molecular weight excluding hydrogens is 708 g/mol. The summed E-state index contributed by atoms with van der Waals surface area (Å²) >= 11 is 7.67. The number of nitro benzene ring substituents is 1. The molecule has 0 aliphatic carbocycles. The molecule has 4 aromatic carbocycles. The quantitative estimate of drug-likeness (QED) is 0.0564. The number of halogens is 1. The highest BCUT2D eigenvalue weighted by atomic mass is 35.5. The van der Waals surface area contributed by atoms with E-state index in [0.29, 0.717) is 17.3 Å². The van der Waals surface area contributed by atoms with E-state index >= 15 is 0 Å². The molecule has 0 spiro atoms. The summed E-state index contributed by atoms with van der Waals surface area (Å²) in [7, 11) is -4.39. The van der Waals surface area contributed by atoms with Gasteiger partial charge in [-0.05, 0) is 77.9 Å². The first-order valence-corrected chi connectivity index (χ1v) is 19.0. The lowest BCUT2D eigenvalue weighted by atomic mass is 10.0. The molecular formula is C37H35ClN6O5S2. The second-order valence-electron chi connectivity index (χ2n) is 11.8. The summed E-state index contributed by atoms with van der Waals surface area (Å²) in [5.41, 5.74) is 4.18. The van der Waals surface area contributed by atoms with Crippen molar-refractivity contribution in [2.24, 2.45) is 0 Å². The molecule has 1 fully saturated rings. The fourth-order valence-electron chi connectivity index (χ4n) is 5.77. The highest BCUT2D eigenvalue weighted by molar-refractivity contribution is 7.99. The van der Waals surface area contributed by atoms with Gasteiger partial charge in [0.15, 0.2) is 0 Å². The van der Waals surface area contributed by atoms with Crippen LogP contribution >= 0.6 is 23.4 Å². The van der Waals surface area contributed by atoms with E-state index in [9.17, 15) is 23.3 Å². The molecule has 262 valence electrons. The summed E-state index contributed by atoms with van der Waals surface area (Å²) in [6.45, 7) is 4.41. The summed E-state index contributed by atoms with van der Waals surface area (Å²) in [5.74, 6) is -0.186. The predicted molar refractivity (Wildman–Crippen MR) is 202 cm³/mol. The Morgan fingerprint density at radius 2 is 1.65 bits per heavy atom. The number of sulfonamides is 1. The lowest BCUT2D eigenvalue weighted by Crippen LogP contribution is -2.46. The normalized spacial score (nSPS) is 13.5. The summed E-state index contributed by atoms with van der Waals surface area (Å²) in [6.07, 6.45) is 3.69. The topological polar surface area (TPSA) is 138 Å². The summed E-state index contributed by atoms with van der Waals surface area (Å²) in [5, 5.41) is 15.5. The molecule has 1 saturated heterocycles. The Labute approximate surface area is 305 Å². The maximum Gasteiger partial charge on any atom is 0.293 e. The Hall–Kier alpha value is -4.95. The number of hydrogen-bond donors (Lipinski definition) is 2. The van der Waals surface area contributed by atoms with Crippen molar-refractivity contribution in [3.8, 4) is 11.1 Å². The molecule has 0 radical (unpaired) electrons. The highest BCUT2D eigenvalue weighted by Gasteiger charge is 2.24. The number of anilines is 2. The number of piperazine rings is 1. The van der Waals surface area contributed by atoms with Gasteiger partial charge in [0.2, 0.25) is 0 Å². The minimum absolute atomic E-state index is 0.150. The second-order valence-corrected chi connectivity index (χ2v) is 15.1. The number of hydrogen-bond acceptors (Lipinski definition) is 10. The number of benzene rings is 4. The van der Waals surface area contributed by atoms with Gasteiger partial charge in [0.05, 0.1) is 9.82 Å². The van der Waals surface area contributed by atoms with Crippen LogP contribution in [-0.2, 0) is 16.6 Å². The monoisotopic (exact) mass is 742 g/mol. The number of amides is 1. The van der Waals surface area contributed by atoms with E-state index in [1.165, 1.54) is 17.7 Å². The third-order valence-corrected chi connectivity index (χ3v) is 11.1. The van der Waals surface area contributed by atoms with Crippen LogP contribution in [0.25, 0.3) is 11.1 Å². The summed E-state index contributed by atoms with van der Waals surface area (Å²) in [4.78, 5) is 33.8. The first-order valence-electron chi connectivity index (χ1n) is 16.2. The van der Waals surface area contributed by atoms with Crippen molar-refractivity contribution in [3.05, 3.63) is 142 Å². The van der Waals surface area contributed by atoms with Gasteiger partial charge in [-0.25, -0.2) is 13.1 Å². The number of thioether (sulfide) groups is 1. The van der Waals surface area contributed by atoms with E-state index in [4.69, 9.17) is 11.6 Å². The van der Waals surface area contributed by atoms with Crippen molar-refractivity contribution < 1.29 is 18.1 Å². The zero-order chi connectivity index (χ0) is 35.8. The molecule has 0 atom stereocenters. The first-order chi connectivity index (χ1) is 24.7. The molecule has 6 rings (SSSR count). The van der Waals surface area contributed by atoms with Crippen LogP contribution in [0.1, 0.15) is 15.9 Å². The maximum atomic E-state index is 13.1. The Bertz CT molecular complexity index is 2100.